The molecule has 2 aliphatic rings. The molecule has 33 heavy (non-hydrogen) atoms. The van der Waals surface area contributed by atoms with Gasteiger partial charge in [-0.3, -0.25) is 0 Å². The smallest absolute Gasteiger partial charge is 0.153 e. The lowest BCUT2D eigenvalue weighted by molar-refractivity contribution is 0.186. The summed E-state index contributed by atoms with van der Waals surface area (Å²) in [6.07, 6.45) is 2.85. The number of aliphatic hydroxyl groups is 1. The first-order valence-corrected chi connectivity index (χ1v) is 12.2. The number of anilines is 1. The Balaban J connectivity index is 1.41. The molecule has 3 aromatic rings. The highest BCUT2D eigenvalue weighted by Crippen LogP contribution is 2.51. The maximum absolute atomic E-state index is 10.1. The molecule has 0 saturated carbocycles. The summed E-state index contributed by atoms with van der Waals surface area (Å²) in [5, 5.41) is 11.7. The summed E-state index contributed by atoms with van der Waals surface area (Å²) in [5.41, 5.74) is 11.9. The lowest BCUT2D eigenvalue weighted by Gasteiger charge is -2.43. The van der Waals surface area contributed by atoms with E-state index in [0.29, 0.717) is 27.0 Å². The van der Waals surface area contributed by atoms with Crippen LogP contribution < -0.4 is 10.6 Å². The number of benzene rings is 2. The van der Waals surface area contributed by atoms with Crippen LogP contribution in [0.1, 0.15) is 41.4 Å². The van der Waals surface area contributed by atoms with E-state index in [1.165, 1.54) is 11.1 Å². The van der Waals surface area contributed by atoms with E-state index in [1.54, 1.807) is 6.07 Å². The molecule has 2 aromatic carbocycles. The number of nitrogens with two attached hydrogens (primary N) is 1. The quantitative estimate of drug-likeness (QED) is 0.476. The number of rotatable bonds is 3. The summed E-state index contributed by atoms with van der Waals surface area (Å²) in [6, 6.07) is 11.5. The van der Waals surface area contributed by atoms with Crippen LogP contribution in [-0.4, -0.2) is 28.2 Å². The Kier molecular flexibility index (Phi) is 6.04. The van der Waals surface area contributed by atoms with E-state index < -0.39 is 0 Å². The monoisotopic (exact) mass is 502 g/mol. The zero-order valence-corrected chi connectivity index (χ0v) is 20.6. The van der Waals surface area contributed by atoms with E-state index in [1.807, 2.05) is 31.2 Å². The number of hydrogen-bond donors (Lipinski definition) is 2. The highest BCUT2D eigenvalue weighted by atomic mass is 35.5. The topological polar surface area (TPSA) is 75.3 Å². The molecule has 1 aliphatic carbocycles. The van der Waals surface area contributed by atoms with Gasteiger partial charge in [0.1, 0.15) is 5.69 Å². The van der Waals surface area contributed by atoms with Gasteiger partial charge in [-0.15, -0.1) is 0 Å². The Morgan fingerprint density at radius 3 is 2.61 bits per heavy atom. The van der Waals surface area contributed by atoms with Crippen molar-refractivity contribution < 1.29 is 5.11 Å². The van der Waals surface area contributed by atoms with Gasteiger partial charge in [-0.05, 0) is 60.9 Å². The molecule has 8 heteroatoms. The number of aromatic nitrogens is 2. The van der Waals surface area contributed by atoms with Crippen molar-refractivity contribution in [3.05, 3.63) is 74.0 Å². The zero-order valence-electron chi connectivity index (χ0n) is 18.3. The Morgan fingerprint density at radius 1 is 1.12 bits per heavy atom. The van der Waals surface area contributed by atoms with Crippen LogP contribution in [0.25, 0.3) is 11.3 Å². The van der Waals surface area contributed by atoms with Crippen molar-refractivity contribution >= 4 is 40.6 Å². The fraction of sp³-hybridized carbons (Fsp3) is 0.360. The summed E-state index contributed by atoms with van der Waals surface area (Å²) >= 11 is 18.8. The molecule has 172 valence electrons. The molecular weight excluding hydrogens is 479 g/mol. The summed E-state index contributed by atoms with van der Waals surface area (Å²) in [5.74, 6) is 0.721. The van der Waals surface area contributed by atoms with Crippen molar-refractivity contribution in [2.75, 3.05) is 18.0 Å². The number of aliphatic hydroxyl groups excluding tert-OH is 1. The number of piperidine rings is 1. The third kappa shape index (κ3) is 3.90. The Morgan fingerprint density at radius 2 is 1.88 bits per heavy atom. The summed E-state index contributed by atoms with van der Waals surface area (Å²) < 4.78 is 0. The number of aryl methyl sites for hydroxylation is 1. The molecule has 1 aromatic heterocycles. The molecule has 2 heterocycles. The van der Waals surface area contributed by atoms with Gasteiger partial charge in [0.15, 0.2) is 5.82 Å². The molecule has 0 amide bonds. The fourth-order valence-corrected chi connectivity index (χ4v) is 5.90. The molecule has 1 saturated heterocycles. The summed E-state index contributed by atoms with van der Waals surface area (Å²) in [6.45, 7) is 3.30. The van der Waals surface area contributed by atoms with Crippen molar-refractivity contribution in [1.29, 1.82) is 0 Å². The molecule has 5 rings (SSSR count). The molecule has 1 fully saturated rings. The van der Waals surface area contributed by atoms with Gasteiger partial charge in [-0.25, -0.2) is 9.97 Å². The molecule has 5 nitrogen and oxygen atoms in total. The Labute approximate surface area is 208 Å². The van der Waals surface area contributed by atoms with Crippen molar-refractivity contribution in [3.8, 4) is 11.3 Å². The molecule has 1 aliphatic heterocycles. The summed E-state index contributed by atoms with van der Waals surface area (Å²) in [4.78, 5) is 11.8. The average Bonchev–Trinajstić information content (AvgIpc) is 3.07. The molecule has 0 bridgehead atoms. The maximum Gasteiger partial charge on any atom is 0.153 e. The largest absolute Gasteiger partial charge is 0.390 e. The van der Waals surface area contributed by atoms with E-state index >= 15 is 0 Å². The molecular formula is C25H25Cl3N4O. The predicted octanol–water partition coefficient (Wildman–Crippen LogP) is 5.75. The van der Waals surface area contributed by atoms with Crippen LogP contribution in [0.5, 0.6) is 0 Å². The third-order valence-electron chi connectivity index (χ3n) is 7.18. The lowest BCUT2D eigenvalue weighted by atomic mass is 9.73. The second-order valence-corrected chi connectivity index (χ2v) is 10.3. The molecule has 1 atom stereocenters. The van der Waals surface area contributed by atoms with Crippen LogP contribution in [-0.2, 0) is 13.0 Å². The van der Waals surface area contributed by atoms with E-state index in [0.717, 1.165) is 48.9 Å². The van der Waals surface area contributed by atoms with Crippen LogP contribution in [0.15, 0.2) is 36.4 Å². The highest BCUT2D eigenvalue weighted by molar-refractivity contribution is 6.43. The molecule has 1 spiro atoms. The van der Waals surface area contributed by atoms with Gasteiger partial charge >= 0.3 is 0 Å². The minimum absolute atomic E-state index is 0.0224. The third-order valence-corrected chi connectivity index (χ3v) is 8.24. The van der Waals surface area contributed by atoms with E-state index in [2.05, 4.69) is 11.0 Å². The number of halogens is 3. The maximum atomic E-state index is 10.1. The van der Waals surface area contributed by atoms with Gasteiger partial charge in [0, 0.05) is 29.7 Å². The standard InChI is InChI=1S/C25H25Cl3N4O/c1-14-22(17-3-2-4-19(27)21(17)28)31-20(13-33)24(30-14)32-9-7-25(8-10-32)12-15-5-6-16(26)11-18(15)23(25)29/h2-6,11,23,33H,7-10,12-13,29H2,1H3/t23-/m1/s1. The van der Waals surface area contributed by atoms with Gasteiger partial charge in [-0.2, -0.15) is 0 Å². The van der Waals surface area contributed by atoms with Crippen molar-refractivity contribution in [2.45, 2.75) is 38.8 Å². The molecule has 3 N–H and O–H groups in total. The van der Waals surface area contributed by atoms with Crippen LogP contribution in [0.2, 0.25) is 15.1 Å². The first kappa shape index (κ1) is 22.9. The van der Waals surface area contributed by atoms with Gasteiger partial charge in [-0.1, -0.05) is 53.0 Å². The number of hydrogen-bond acceptors (Lipinski definition) is 5. The van der Waals surface area contributed by atoms with E-state index in [-0.39, 0.29) is 18.1 Å². The van der Waals surface area contributed by atoms with E-state index in [4.69, 9.17) is 50.5 Å². The second-order valence-electron chi connectivity index (χ2n) is 9.03. The second kappa shape index (κ2) is 8.71. The molecule has 0 unspecified atom stereocenters. The van der Waals surface area contributed by atoms with Gasteiger partial charge in [0.25, 0.3) is 0 Å². The lowest BCUT2D eigenvalue weighted by Crippen LogP contribution is -2.45. The van der Waals surface area contributed by atoms with Gasteiger partial charge < -0.3 is 15.7 Å². The van der Waals surface area contributed by atoms with Crippen molar-refractivity contribution in [3.63, 3.8) is 0 Å². The number of nitrogens with zero attached hydrogens (tertiary/aromatic N) is 3. The van der Waals surface area contributed by atoms with Crippen molar-refractivity contribution in [1.82, 2.24) is 9.97 Å². The SMILES string of the molecule is Cc1nc(N2CCC3(CC2)Cc2ccc(Cl)cc2[C@H]3N)c(CO)nc1-c1cccc(Cl)c1Cl. The fourth-order valence-electron chi connectivity index (χ4n) is 5.33. The normalized spacial score (nSPS) is 19.2. The minimum atomic E-state index is -0.209. The van der Waals surface area contributed by atoms with Crippen LogP contribution in [0.4, 0.5) is 5.82 Å². The van der Waals surface area contributed by atoms with Crippen molar-refractivity contribution in [2.24, 2.45) is 11.1 Å². The average molecular weight is 504 g/mol. The Hall–Kier alpha value is -1.89. The first-order valence-electron chi connectivity index (χ1n) is 11.0. The van der Waals surface area contributed by atoms with E-state index in [9.17, 15) is 5.11 Å². The molecule has 0 radical (unpaired) electrons. The first-order chi connectivity index (χ1) is 15.8. The number of fused-ring (bicyclic) bond motifs is 1. The summed E-state index contributed by atoms with van der Waals surface area (Å²) in [7, 11) is 0. The highest BCUT2D eigenvalue weighted by Gasteiger charge is 2.46. The van der Waals surface area contributed by atoms with Gasteiger partial charge in [0.2, 0.25) is 0 Å². The Bertz CT molecular complexity index is 1220. The van der Waals surface area contributed by atoms with Crippen LogP contribution in [0, 0.1) is 12.3 Å². The van der Waals surface area contributed by atoms with Crippen LogP contribution in [0.3, 0.4) is 0 Å². The van der Waals surface area contributed by atoms with Crippen LogP contribution >= 0.6 is 34.8 Å². The predicted molar refractivity (Wildman–Crippen MR) is 134 cm³/mol. The zero-order chi connectivity index (χ0) is 23.3. The van der Waals surface area contributed by atoms with Gasteiger partial charge in [0.05, 0.1) is 28.0 Å². The minimum Gasteiger partial charge on any atom is -0.390 e.